The van der Waals surface area contributed by atoms with Gasteiger partial charge in [-0.25, -0.2) is 4.99 Å². The van der Waals surface area contributed by atoms with Gasteiger partial charge in [0.25, 0.3) is 0 Å². The second-order valence-corrected chi connectivity index (χ2v) is 2.39. The Morgan fingerprint density at radius 3 is 2.58 bits per heavy atom. The molecule has 0 amide bonds. The third-order valence-electron chi connectivity index (χ3n) is 1.41. The van der Waals surface area contributed by atoms with Crippen LogP contribution in [-0.4, -0.2) is 13.0 Å². The molecule has 0 rings (SSSR count). The Morgan fingerprint density at radius 2 is 2.17 bits per heavy atom. The van der Waals surface area contributed by atoms with Crippen LogP contribution in [0.1, 0.15) is 27.2 Å². The quantitative estimate of drug-likeness (QED) is 0.468. The van der Waals surface area contributed by atoms with Crippen LogP contribution in [0.25, 0.3) is 0 Å². The molecule has 0 bridgehead atoms. The number of hydrogen-bond donors (Lipinski definition) is 0. The standard InChI is InChI=1S/C10H17NO/c1-5-7-8-10(12-4)11-9(3)6-2/h6-8H,5H2,1-4H3/b8-7+,9-6-,11-10-. The van der Waals surface area contributed by atoms with Gasteiger partial charge < -0.3 is 4.74 Å². The zero-order chi connectivity index (χ0) is 9.40. The van der Waals surface area contributed by atoms with Crippen molar-refractivity contribution in [3.8, 4) is 0 Å². The summed E-state index contributed by atoms with van der Waals surface area (Å²) in [5.41, 5.74) is 0.965. The van der Waals surface area contributed by atoms with Gasteiger partial charge in [0, 0.05) is 5.70 Å². The van der Waals surface area contributed by atoms with Crippen LogP contribution in [0.15, 0.2) is 28.9 Å². The number of aliphatic imine (C=N–C) groups is 1. The van der Waals surface area contributed by atoms with Gasteiger partial charge in [0.15, 0.2) is 0 Å². The molecular weight excluding hydrogens is 150 g/mol. The van der Waals surface area contributed by atoms with E-state index in [0.29, 0.717) is 5.90 Å². The second kappa shape index (κ2) is 6.65. The van der Waals surface area contributed by atoms with Crippen molar-refractivity contribution in [1.29, 1.82) is 0 Å². The molecule has 0 unspecified atom stereocenters. The normalized spacial score (nSPS) is 14.0. The van der Waals surface area contributed by atoms with Crippen LogP contribution in [0.2, 0.25) is 0 Å². The molecular formula is C10H17NO. The topological polar surface area (TPSA) is 21.6 Å². The average molecular weight is 167 g/mol. The first-order chi connectivity index (χ1) is 5.74. The van der Waals surface area contributed by atoms with Crippen LogP contribution in [0.5, 0.6) is 0 Å². The minimum Gasteiger partial charge on any atom is -0.481 e. The highest BCUT2D eigenvalue weighted by molar-refractivity contribution is 5.88. The van der Waals surface area contributed by atoms with Crippen LogP contribution in [0, 0.1) is 0 Å². The Balaban J connectivity index is 4.33. The molecule has 0 aliphatic heterocycles. The minimum absolute atomic E-state index is 0.660. The van der Waals surface area contributed by atoms with E-state index in [1.807, 2.05) is 32.1 Å². The van der Waals surface area contributed by atoms with Crippen molar-refractivity contribution in [3.63, 3.8) is 0 Å². The summed E-state index contributed by atoms with van der Waals surface area (Å²) in [4.78, 5) is 4.22. The summed E-state index contributed by atoms with van der Waals surface area (Å²) in [6, 6.07) is 0. The average Bonchev–Trinajstić information content (AvgIpc) is 2.11. The maximum absolute atomic E-state index is 5.05. The maximum atomic E-state index is 5.05. The van der Waals surface area contributed by atoms with E-state index in [-0.39, 0.29) is 0 Å². The molecule has 0 aliphatic carbocycles. The number of hydrogen-bond acceptors (Lipinski definition) is 2. The third kappa shape index (κ3) is 4.72. The zero-order valence-electron chi connectivity index (χ0n) is 8.29. The monoisotopic (exact) mass is 167 g/mol. The smallest absolute Gasteiger partial charge is 0.212 e. The van der Waals surface area contributed by atoms with Gasteiger partial charge in [-0.1, -0.05) is 19.1 Å². The van der Waals surface area contributed by atoms with Gasteiger partial charge in [0.1, 0.15) is 0 Å². The Hall–Kier alpha value is -1.05. The molecule has 0 aliphatic rings. The summed E-state index contributed by atoms with van der Waals surface area (Å²) < 4.78 is 5.05. The molecule has 68 valence electrons. The number of methoxy groups -OCH3 is 1. The van der Waals surface area contributed by atoms with E-state index in [1.54, 1.807) is 7.11 Å². The molecule has 0 fully saturated rings. The van der Waals surface area contributed by atoms with E-state index in [4.69, 9.17) is 4.74 Å². The van der Waals surface area contributed by atoms with E-state index in [0.717, 1.165) is 12.1 Å². The summed E-state index contributed by atoms with van der Waals surface area (Å²) in [5, 5.41) is 0. The molecule has 0 atom stereocenters. The lowest BCUT2D eigenvalue weighted by atomic mass is 10.4. The fraction of sp³-hybridized carbons (Fsp3) is 0.500. The third-order valence-corrected chi connectivity index (χ3v) is 1.41. The van der Waals surface area contributed by atoms with E-state index < -0.39 is 0 Å². The number of nitrogens with zero attached hydrogens (tertiary/aromatic N) is 1. The molecule has 2 nitrogen and oxygen atoms in total. The van der Waals surface area contributed by atoms with Gasteiger partial charge in [0.05, 0.1) is 7.11 Å². The summed E-state index contributed by atoms with van der Waals surface area (Å²) in [6.45, 7) is 5.97. The van der Waals surface area contributed by atoms with E-state index >= 15 is 0 Å². The molecule has 0 aromatic carbocycles. The van der Waals surface area contributed by atoms with Crippen LogP contribution in [0.3, 0.4) is 0 Å². The van der Waals surface area contributed by atoms with Crippen molar-refractivity contribution in [2.75, 3.05) is 7.11 Å². The van der Waals surface area contributed by atoms with Gasteiger partial charge in [-0.3, -0.25) is 0 Å². The molecule has 0 aromatic heterocycles. The van der Waals surface area contributed by atoms with Crippen LogP contribution in [-0.2, 0) is 4.74 Å². The first kappa shape index (κ1) is 11.0. The van der Waals surface area contributed by atoms with Crippen molar-refractivity contribution < 1.29 is 4.74 Å². The lowest BCUT2D eigenvalue weighted by Crippen LogP contribution is -1.96. The van der Waals surface area contributed by atoms with Crippen molar-refractivity contribution in [2.45, 2.75) is 27.2 Å². The van der Waals surface area contributed by atoms with Gasteiger partial charge in [0.2, 0.25) is 5.90 Å². The highest BCUT2D eigenvalue weighted by atomic mass is 16.5. The summed E-state index contributed by atoms with van der Waals surface area (Å²) >= 11 is 0. The van der Waals surface area contributed by atoms with E-state index in [9.17, 15) is 0 Å². The predicted octanol–water partition coefficient (Wildman–Crippen LogP) is 2.92. The molecule has 12 heavy (non-hydrogen) atoms. The fourth-order valence-corrected chi connectivity index (χ4v) is 0.608. The Bertz CT molecular complexity index is 202. The van der Waals surface area contributed by atoms with Crippen LogP contribution in [0.4, 0.5) is 0 Å². The van der Waals surface area contributed by atoms with Gasteiger partial charge >= 0.3 is 0 Å². The molecule has 0 radical (unpaired) electrons. The minimum atomic E-state index is 0.660. The number of ether oxygens (including phenoxy) is 1. The summed E-state index contributed by atoms with van der Waals surface area (Å²) in [7, 11) is 1.63. The van der Waals surface area contributed by atoms with Crippen molar-refractivity contribution >= 4 is 5.90 Å². The Morgan fingerprint density at radius 1 is 1.50 bits per heavy atom. The van der Waals surface area contributed by atoms with Gasteiger partial charge in [-0.2, -0.15) is 0 Å². The van der Waals surface area contributed by atoms with Gasteiger partial charge in [-0.15, -0.1) is 0 Å². The van der Waals surface area contributed by atoms with Crippen molar-refractivity contribution in [3.05, 3.63) is 23.9 Å². The zero-order valence-corrected chi connectivity index (χ0v) is 8.29. The van der Waals surface area contributed by atoms with Gasteiger partial charge in [-0.05, 0) is 26.3 Å². The van der Waals surface area contributed by atoms with Crippen molar-refractivity contribution in [1.82, 2.24) is 0 Å². The van der Waals surface area contributed by atoms with Crippen LogP contribution >= 0.6 is 0 Å². The molecule has 0 saturated carbocycles. The predicted molar refractivity (Wildman–Crippen MR) is 53.3 cm³/mol. The highest BCUT2D eigenvalue weighted by Gasteiger charge is 1.90. The fourth-order valence-electron chi connectivity index (χ4n) is 0.608. The maximum Gasteiger partial charge on any atom is 0.212 e. The molecule has 2 heteroatoms. The highest BCUT2D eigenvalue weighted by Crippen LogP contribution is 1.96. The number of rotatable bonds is 3. The lowest BCUT2D eigenvalue weighted by Gasteiger charge is -1.98. The first-order valence-corrected chi connectivity index (χ1v) is 4.16. The molecule has 0 N–H and O–H groups in total. The largest absolute Gasteiger partial charge is 0.481 e. The lowest BCUT2D eigenvalue weighted by molar-refractivity contribution is 0.406. The van der Waals surface area contributed by atoms with E-state index in [2.05, 4.69) is 11.9 Å². The molecule has 0 saturated heterocycles. The molecule has 0 heterocycles. The first-order valence-electron chi connectivity index (χ1n) is 4.16. The SMILES string of the molecule is C\C=C(C)/N=C(/C=C/CC)OC. The Labute approximate surface area is 74.7 Å². The molecule has 0 aromatic rings. The van der Waals surface area contributed by atoms with Crippen molar-refractivity contribution in [2.24, 2.45) is 4.99 Å². The molecule has 0 spiro atoms. The Kier molecular flexibility index (Phi) is 6.07. The van der Waals surface area contributed by atoms with E-state index in [1.165, 1.54) is 0 Å². The summed E-state index contributed by atoms with van der Waals surface area (Å²) in [5.74, 6) is 0.660. The summed E-state index contributed by atoms with van der Waals surface area (Å²) in [6.07, 6.45) is 6.84. The number of allylic oxidation sites excluding steroid dienone is 3. The second-order valence-electron chi connectivity index (χ2n) is 2.39. The van der Waals surface area contributed by atoms with Crippen LogP contribution < -0.4 is 0 Å².